The van der Waals surface area contributed by atoms with Crippen LogP contribution in [0.1, 0.15) is 44.7 Å². The molecule has 0 unspecified atom stereocenters. The second-order valence-electron chi connectivity index (χ2n) is 8.81. The first-order valence-corrected chi connectivity index (χ1v) is 11.5. The molecule has 3 rings (SSSR count). The molecule has 3 aromatic rings. The molecule has 0 atom stereocenters. The van der Waals surface area contributed by atoms with E-state index < -0.39 is 16.6 Å². The van der Waals surface area contributed by atoms with Gasteiger partial charge in [-0.1, -0.05) is 5.57 Å². The second-order valence-corrected chi connectivity index (χ2v) is 9.93. The van der Waals surface area contributed by atoms with Gasteiger partial charge in [0.1, 0.15) is 11.4 Å². The van der Waals surface area contributed by atoms with E-state index in [0.29, 0.717) is 18.4 Å². The Hall–Kier alpha value is -3.53. The van der Waals surface area contributed by atoms with Crippen LogP contribution in [0.3, 0.4) is 0 Å². The number of fused-ring (bicyclic) bond motifs is 1. The Morgan fingerprint density at radius 1 is 1.24 bits per heavy atom. The quantitative estimate of drug-likeness (QED) is 0.298. The van der Waals surface area contributed by atoms with Crippen molar-refractivity contribution in [1.82, 2.24) is 9.97 Å². The molecule has 9 nitrogen and oxygen atoms in total. The van der Waals surface area contributed by atoms with E-state index in [1.54, 1.807) is 57.4 Å². The van der Waals surface area contributed by atoms with Crippen molar-refractivity contribution in [3.63, 3.8) is 0 Å². The Labute approximate surface area is 202 Å². The summed E-state index contributed by atoms with van der Waals surface area (Å²) in [5.41, 5.74) is 1.56. The lowest BCUT2D eigenvalue weighted by Crippen LogP contribution is -2.34. The summed E-state index contributed by atoms with van der Waals surface area (Å²) in [6.07, 6.45) is 2.51. The van der Waals surface area contributed by atoms with Gasteiger partial charge >= 0.3 is 11.9 Å². The van der Waals surface area contributed by atoms with E-state index in [-0.39, 0.29) is 11.6 Å². The van der Waals surface area contributed by atoms with Crippen LogP contribution in [0, 0.1) is 10.1 Å². The van der Waals surface area contributed by atoms with Crippen LogP contribution in [0.4, 0.5) is 16.4 Å². The van der Waals surface area contributed by atoms with Crippen LogP contribution in [0.2, 0.25) is 0 Å². The number of anilines is 1. The Morgan fingerprint density at radius 3 is 2.62 bits per heavy atom. The van der Waals surface area contributed by atoms with Crippen LogP contribution in [0.25, 0.3) is 16.3 Å². The fraction of sp³-hybridized carbons (Fsp3) is 0.375. The van der Waals surface area contributed by atoms with E-state index in [1.807, 2.05) is 25.1 Å². The van der Waals surface area contributed by atoms with Gasteiger partial charge in [0, 0.05) is 19.5 Å². The highest BCUT2D eigenvalue weighted by molar-refractivity contribution is 7.18. The van der Waals surface area contributed by atoms with Crippen LogP contribution in [-0.2, 0) is 11.2 Å². The highest BCUT2D eigenvalue weighted by atomic mass is 32.1. The van der Waals surface area contributed by atoms with Gasteiger partial charge in [0.25, 0.3) is 5.82 Å². The topological polar surface area (TPSA) is 108 Å². The number of thiazole rings is 1. The number of ether oxygens (including phenoxy) is 2. The van der Waals surface area contributed by atoms with Crippen molar-refractivity contribution in [2.45, 2.75) is 46.1 Å². The predicted octanol–water partition coefficient (Wildman–Crippen LogP) is 6.02. The van der Waals surface area contributed by atoms with Crippen molar-refractivity contribution < 1.29 is 19.2 Å². The van der Waals surface area contributed by atoms with E-state index in [2.05, 4.69) is 9.97 Å². The fourth-order valence-corrected chi connectivity index (χ4v) is 4.14. The zero-order chi connectivity index (χ0) is 25.0. The van der Waals surface area contributed by atoms with E-state index in [4.69, 9.17) is 9.47 Å². The number of aromatic nitrogens is 2. The number of hydrogen-bond donors (Lipinski definition) is 0. The maximum Gasteiger partial charge on any atom is 0.417 e. The molecule has 1 amide bonds. The van der Waals surface area contributed by atoms with Crippen LogP contribution in [0.5, 0.6) is 5.75 Å². The molecule has 0 aliphatic carbocycles. The van der Waals surface area contributed by atoms with Crippen LogP contribution in [-0.4, -0.2) is 40.7 Å². The summed E-state index contributed by atoms with van der Waals surface area (Å²) in [5, 5.41) is 12.7. The fourth-order valence-electron chi connectivity index (χ4n) is 3.15. The summed E-state index contributed by atoms with van der Waals surface area (Å²) < 4.78 is 11.6. The van der Waals surface area contributed by atoms with Crippen LogP contribution < -0.4 is 9.64 Å². The van der Waals surface area contributed by atoms with Crippen molar-refractivity contribution in [1.29, 1.82) is 0 Å². The molecule has 0 bridgehead atoms. The highest BCUT2D eigenvalue weighted by Crippen LogP contribution is 2.28. The minimum atomic E-state index is -0.688. The Kier molecular flexibility index (Phi) is 7.51. The monoisotopic (exact) mass is 484 g/mol. The first kappa shape index (κ1) is 25.1. The zero-order valence-electron chi connectivity index (χ0n) is 20.1. The highest BCUT2D eigenvalue weighted by Gasteiger charge is 2.26. The number of methoxy groups -OCH3 is 1. The second kappa shape index (κ2) is 10.2. The largest absolute Gasteiger partial charge is 0.497 e. The van der Waals surface area contributed by atoms with Crippen molar-refractivity contribution in [2.24, 2.45) is 0 Å². The van der Waals surface area contributed by atoms with Gasteiger partial charge in [-0.05, 0) is 74.4 Å². The van der Waals surface area contributed by atoms with Crippen LogP contribution >= 0.6 is 11.3 Å². The number of allylic oxidation sites excluding steroid dienone is 1. The molecule has 34 heavy (non-hydrogen) atoms. The van der Waals surface area contributed by atoms with Gasteiger partial charge < -0.3 is 19.6 Å². The first-order chi connectivity index (χ1) is 16.0. The molecular weight excluding hydrogens is 456 g/mol. The molecule has 2 aromatic heterocycles. The lowest BCUT2D eigenvalue weighted by atomic mass is 10.1. The minimum Gasteiger partial charge on any atom is -0.497 e. The van der Waals surface area contributed by atoms with E-state index >= 15 is 0 Å². The third-order valence-electron chi connectivity index (χ3n) is 4.85. The third kappa shape index (κ3) is 6.28. The van der Waals surface area contributed by atoms with Crippen molar-refractivity contribution in [2.75, 3.05) is 19.1 Å². The molecule has 0 aliphatic heterocycles. The lowest BCUT2D eigenvalue weighted by Gasteiger charge is -2.22. The molecule has 0 fully saturated rings. The third-order valence-corrected chi connectivity index (χ3v) is 5.93. The number of benzene rings is 1. The number of nitrogens with zero attached hydrogens (tertiary/aromatic N) is 4. The molecule has 0 spiro atoms. The van der Waals surface area contributed by atoms with E-state index in [1.165, 1.54) is 7.05 Å². The van der Waals surface area contributed by atoms with E-state index in [0.717, 1.165) is 31.4 Å². The van der Waals surface area contributed by atoms with Crippen LogP contribution in [0.15, 0.2) is 35.9 Å². The number of rotatable bonds is 7. The van der Waals surface area contributed by atoms with E-state index in [9.17, 15) is 14.9 Å². The number of amides is 1. The number of nitro groups is 1. The molecule has 0 aliphatic rings. The average Bonchev–Trinajstić information content (AvgIpc) is 3.18. The summed E-state index contributed by atoms with van der Waals surface area (Å²) in [6.45, 7) is 7.16. The zero-order valence-corrected chi connectivity index (χ0v) is 20.9. The van der Waals surface area contributed by atoms with Gasteiger partial charge in [-0.2, -0.15) is 0 Å². The maximum atomic E-state index is 12.3. The van der Waals surface area contributed by atoms with Crippen molar-refractivity contribution in [3.05, 3.63) is 56.6 Å². The van der Waals surface area contributed by atoms with Gasteiger partial charge in [-0.25, -0.2) is 14.7 Å². The first-order valence-electron chi connectivity index (χ1n) is 10.7. The number of hydrogen-bond acceptors (Lipinski definition) is 8. The molecule has 0 saturated heterocycles. The SMILES string of the molecule is COc1ccc2nc(CC/C(C)=C\c3ccc(N(C)C(=O)OC(C)(C)C)nc3[N+](=O)[O-])sc2c1. The average molecular weight is 485 g/mol. The molecule has 1 aromatic carbocycles. The predicted molar refractivity (Wildman–Crippen MR) is 134 cm³/mol. The molecule has 2 heterocycles. The van der Waals surface area contributed by atoms with Gasteiger partial charge in [-0.15, -0.1) is 11.3 Å². The Balaban J connectivity index is 1.76. The number of aryl methyl sites for hydroxylation is 1. The minimum absolute atomic E-state index is 0.139. The standard InChI is InChI=1S/C24H28N4O5S/c1-15(7-12-21-25-18-10-9-17(32-6)14-19(18)34-21)13-16-8-11-20(26-22(16)28(30)31)27(5)23(29)33-24(2,3)4/h8-11,13-14H,7,12H2,1-6H3/b15-13-. The number of carbonyl (C=O) groups excluding carboxylic acids is 1. The van der Waals surface area contributed by atoms with Gasteiger partial charge in [-0.3, -0.25) is 0 Å². The molecular formula is C24H28N4O5S. The maximum absolute atomic E-state index is 12.3. The normalized spacial score (nSPS) is 12.0. The molecule has 0 saturated carbocycles. The summed E-state index contributed by atoms with van der Waals surface area (Å²) >= 11 is 1.61. The summed E-state index contributed by atoms with van der Waals surface area (Å²) in [5.74, 6) is 0.611. The molecule has 0 radical (unpaired) electrons. The molecule has 180 valence electrons. The summed E-state index contributed by atoms with van der Waals surface area (Å²) in [4.78, 5) is 33.3. The Bertz CT molecular complexity index is 1250. The number of pyridine rings is 1. The Morgan fingerprint density at radius 2 is 1.97 bits per heavy atom. The van der Waals surface area contributed by atoms with Crippen molar-refractivity contribution >= 4 is 45.4 Å². The summed E-state index contributed by atoms with van der Waals surface area (Å²) in [6, 6.07) is 8.94. The van der Waals surface area contributed by atoms with Crippen molar-refractivity contribution in [3.8, 4) is 5.75 Å². The van der Waals surface area contributed by atoms with Gasteiger partial charge in [0.15, 0.2) is 0 Å². The van der Waals surface area contributed by atoms with Gasteiger partial charge in [0.2, 0.25) is 0 Å². The smallest absolute Gasteiger partial charge is 0.417 e. The van der Waals surface area contributed by atoms with Gasteiger partial charge in [0.05, 0.1) is 27.9 Å². The molecule has 10 heteroatoms. The summed E-state index contributed by atoms with van der Waals surface area (Å²) in [7, 11) is 3.10. The number of carbonyl (C=O) groups is 1. The lowest BCUT2D eigenvalue weighted by molar-refractivity contribution is -0.389. The molecule has 0 N–H and O–H groups in total.